The van der Waals surface area contributed by atoms with Crippen LogP contribution in [0.25, 0.3) is 0 Å². The van der Waals surface area contributed by atoms with Crippen LogP contribution >= 0.6 is 15.9 Å². The first kappa shape index (κ1) is 16.7. The lowest BCUT2D eigenvalue weighted by Gasteiger charge is -2.10. The minimum Gasteiger partial charge on any atom is -0.490 e. The number of rotatable bonds is 9. The Labute approximate surface area is 126 Å². The van der Waals surface area contributed by atoms with E-state index in [4.69, 9.17) is 25.2 Å². The maximum absolute atomic E-state index is 8.60. The fourth-order valence-electron chi connectivity index (χ4n) is 1.45. The molecule has 0 aromatic heterocycles. The number of amidine groups is 1. The van der Waals surface area contributed by atoms with Crippen LogP contribution < -0.4 is 10.5 Å². The molecule has 0 aliphatic heterocycles. The van der Waals surface area contributed by atoms with Gasteiger partial charge in [-0.2, -0.15) is 0 Å². The van der Waals surface area contributed by atoms with Gasteiger partial charge in [0.1, 0.15) is 12.4 Å². The number of halogens is 1. The summed E-state index contributed by atoms with van der Waals surface area (Å²) >= 11 is 3.37. The fourth-order valence-corrected chi connectivity index (χ4v) is 1.95. The largest absolute Gasteiger partial charge is 0.490 e. The van der Waals surface area contributed by atoms with E-state index >= 15 is 0 Å². The van der Waals surface area contributed by atoms with E-state index in [1.54, 1.807) is 25.3 Å². The van der Waals surface area contributed by atoms with Crippen LogP contribution in [0.15, 0.2) is 27.8 Å². The Kier molecular flexibility index (Phi) is 8.01. The minimum absolute atomic E-state index is 0.0544. The highest BCUT2D eigenvalue weighted by Crippen LogP contribution is 2.25. The van der Waals surface area contributed by atoms with Crippen molar-refractivity contribution in [2.24, 2.45) is 10.9 Å². The Hall–Kier alpha value is -1.31. The highest BCUT2D eigenvalue weighted by atomic mass is 79.9. The Morgan fingerprint density at radius 3 is 2.75 bits per heavy atom. The second-order valence-electron chi connectivity index (χ2n) is 3.94. The molecular weight excluding hydrogens is 328 g/mol. The summed E-state index contributed by atoms with van der Waals surface area (Å²) in [6, 6.07) is 5.20. The van der Waals surface area contributed by atoms with Crippen LogP contribution in [0.5, 0.6) is 5.75 Å². The van der Waals surface area contributed by atoms with Gasteiger partial charge in [0.15, 0.2) is 5.84 Å². The zero-order valence-electron chi connectivity index (χ0n) is 11.3. The van der Waals surface area contributed by atoms with E-state index in [9.17, 15) is 0 Å². The molecule has 1 aromatic carbocycles. The second-order valence-corrected chi connectivity index (χ2v) is 4.79. The van der Waals surface area contributed by atoms with E-state index in [0.29, 0.717) is 37.7 Å². The average Bonchev–Trinajstić information content (AvgIpc) is 2.46. The molecule has 6 nitrogen and oxygen atoms in total. The molecule has 0 unspecified atom stereocenters. The zero-order chi connectivity index (χ0) is 14.8. The second kappa shape index (κ2) is 9.57. The van der Waals surface area contributed by atoms with Gasteiger partial charge in [0.25, 0.3) is 0 Å². The van der Waals surface area contributed by atoms with Gasteiger partial charge < -0.3 is 25.2 Å². The summed E-state index contributed by atoms with van der Waals surface area (Å²) in [6.07, 6.45) is 0.870. The van der Waals surface area contributed by atoms with Gasteiger partial charge in [0, 0.05) is 25.9 Å². The van der Waals surface area contributed by atoms with E-state index in [0.717, 1.165) is 10.9 Å². The quantitative estimate of drug-likeness (QED) is 0.235. The van der Waals surface area contributed by atoms with Gasteiger partial charge in [-0.05, 0) is 40.5 Å². The molecule has 112 valence electrons. The molecule has 0 aliphatic rings. The van der Waals surface area contributed by atoms with Crippen molar-refractivity contribution in [2.45, 2.75) is 6.42 Å². The first-order valence-electron chi connectivity index (χ1n) is 6.16. The molecule has 1 rings (SSSR count). The third-order valence-corrected chi connectivity index (χ3v) is 3.08. The first-order valence-corrected chi connectivity index (χ1v) is 6.95. The molecule has 0 saturated heterocycles. The third-order valence-electron chi connectivity index (χ3n) is 2.46. The number of hydrogen-bond acceptors (Lipinski definition) is 5. The molecule has 0 heterocycles. The topological polar surface area (TPSA) is 86.3 Å². The number of benzene rings is 1. The van der Waals surface area contributed by atoms with Crippen molar-refractivity contribution in [2.75, 3.05) is 33.5 Å². The lowest BCUT2D eigenvalue weighted by Crippen LogP contribution is -2.13. The lowest BCUT2D eigenvalue weighted by molar-refractivity contribution is 0.0805. The van der Waals surface area contributed by atoms with E-state index in [1.807, 2.05) is 0 Å². The Morgan fingerprint density at radius 2 is 2.10 bits per heavy atom. The standard InChI is InChI=1S/C13H19BrN2O4/c1-18-5-2-6-19-7-8-20-12-4-3-10(9-11(12)14)13(15)16-17/h3-4,9,17H,2,5-8H2,1H3,(H2,15,16). The molecule has 0 radical (unpaired) electrons. The molecule has 20 heavy (non-hydrogen) atoms. The van der Waals surface area contributed by atoms with Gasteiger partial charge >= 0.3 is 0 Å². The zero-order valence-corrected chi connectivity index (χ0v) is 12.9. The molecule has 0 atom stereocenters. The SMILES string of the molecule is COCCCOCCOc1ccc(/C(N)=N/O)cc1Br. The summed E-state index contributed by atoms with van der Waals surface area (Å²) in [5.41, 5.74) is 6.11. The molecule has 0 spiro atoms. The number of ether oxygens (including phenoxy) is 3. The Balaban J connectivity index is 2.34. The molecule has 0 bridgehead atoms. The number of methoxy groups -OCH3 is 1. The van der Waals surface area contributed by atoms with Gasteiger partial charge in [-0.15, -0.1) is 0 Å². The van der Waals surface area contributed by atoms with Crippen LogP contribution in [-0.2, 0) is 9.47 Å². The molecule has 0 saturated carbocycles. The van der Waals surface area contributed by atoms with Gasteiger partial charge in [-0.1, -0.05) is 5.16 Å². The Bertz CT molecular complexity index is 440. The van der Waals surface area contributed by atoms with Crippen molar-refractivity contribution < 1.29 is 19.4 Å². The number of hydrogen-bond donors (Lipinski definition) is 2. The van der Waals surface area contributed by atoms with E-state index in [2.05, 4.69) is 21.1 Å². The number of nitrogens with two attached hydrogens (primary N) is 1. The van der Waals surface area contributed by atoms with Crippen molar-refractivity contribution in [3.63, 3.8) is 0 Å². The normalized spacial score (nSPS) is 11.6. The monoisotopic (exact) mass is 346 g/mol. The predicted octanol–water partition coefficient (Wildman–Crippen LogP) is 1.98. The molecule has 3 N–H and O–H groups in total. The van der Waals surface area contributed by atoms with Crippen LogP contribution in [0.2, 0.25) is 0 Å². The summed E-state index contributed by atoms with van der Waals surface area (Å²) in [5, 5.41) is 11.5. The average molecular weight is 347 g/mol. The lowest BCUT2D eigenvalue weighted by atomic mass is 10.2. The van der Waals surface area contributed by atoms with Crippen molar-refractivity contribution in [3.05, 3.63) is 28.2 Å². The van der Waals surface area contributed by atoms with Gasteiger partial charge in [-0.3, -0.25) is 0 Å². The maximum Gasteiger partial charge on any atom is 0.170 e. The molecule has 1 aromatic rings. The van der Waals surface area contributed by atoms with Crippen molar-refractivity contribution in [3.8, 4) is 5.75 Å². The van der Waals surface area contributed by atoms with E-state index in [1.165, 1.54) is 0 Å². The molecular formula is C13H19BrN2O4. The number of nitrogens with zero attached hydrogens (tertiary/aromatic N) is 1. The molecule has 0 aliphatic carbocycles. The maximum atomic E-state index is 8.60. The summed E-state index contributed by atoms with van der Waals surface area (Å²) in [5.74, 6) is 0.735. The fraction of sp³-hybridized carbons (Fsp3) is 0.462. The highest BCUT2D eigenvalue weighted by molar-refractivity contribution is 9.10. The third kappa shape index (κ3) is 5.77. The van der Waals surface area contributed by atoms with Crippen LogP contribution in [0.1, 0.15) is 12.0 Å². The smallest absolute Gasteiger partial charge is 0.170 e. The van der Waals surface area contributed by atoms with Crippen molar-refractivity contribution >= 4 is 21.8 Å². The molecule has 7 heteroatoms. The van der Waals surface area contributed by atoms with Crippen molar-refractivity contribution in [1.82, 2.24) is 0 Å². The molecule has 0 amide bonds. The van der Waals surface area contributed by atoms with Crippen LogP contribution in [0.3, 0.4) is 0 Å². The van der Waals surface area contributed by atoms with Crippen molar-refractivity contribution in [1.29, 1.82) is 0 Å². The van der Waals surface area contributed by atoms with Crippen LogP contribution in [0, 0.1) is 0 Å². The van der Waals surface area contributed by atoms with E-state index < -0.39 is 0 Å². The van der Waals surface area contributed by atoms with Gasteiger partial charge in [0.05, 0.1) is 11.1 Å². The van der Waals surface area contributed by atoms with Gasteiger partial charge in [-0.25, -0.2) is 0 Å². The van der Waals surface area contributed by atoms with E-state index in [-0.39, 0.29) is 5.84 Å². The summed E-state index contributed by atoms with van der Waals surface area (Å²) in [7, 11) is 1.67. The highest BCUT2D eigenvalue weighted by Gasteiger charge is 2.05. The summed E-state index contributed by atoms with van der Waals surface area (Å²) < 4.78 is 16.6. The van der Waals surface area contributed by atoms with Crippen LogP contribution in [-0.4, -0.2) is 44.6 Å². The number of oxime groups is 1. The predicted molar refractivity (Wildman–Crippen MR) is 79.5 cm³/mol. The first-order chi connectivity index (χ1) is 9.69. The minimum atomic E-state index is 0.0544. The van der Waals surface area contributed by atoms with Crippen LogP contribution in [0.4, 0.5) is 0 Å². The van der Waals surface area contributed by atoms with Gasteiger partial charge in [0.2, 0.25) is 0 Å². The summed E-state index contributed by atoms with van der Waals surface area (Å²) in [6.45, 7) is 2.31. The Morgan fingerprint density at radius 1 is 1.30 bits per heavy atom. The summed E-state index contributed by atoms with van der Waals surface area (Å²) in [4.78, 5) is 0. The molecule has 0 fully saturated rings.